The molecular formula is C36H24O9. The molecule has 0 aliphatic carbocycles. The lowest BCUT2D eigenvalue weighted by Gasteiger charge is -1.90. The van der Waals surface area contributed by atoms with Crippen molar-refractivity contribution in [2.45, 2.75) is 0 Å². The fourth-order valence-electron chi connectivity index (χ4n) is 4.32. The van der Waals surface area contributed by atoms with Gasteiger partial charge in [0.25, 0.3) is 0 Å². The van der Waals surface area contributed by atoms with Crippen LogP contribution in [0.1, 0.15) is 0 Å². The van der Waals surface area contributed by atoms with E-state index in [1.807, 2.05) is 109 Å². The summed E-state index contributed by atoms with van der Waals surface area (Å²) in [6.45, 7) is 0. The maximum absolute atomic E-state index is 5.58. The molecule has 0 fully saturated rings. The zero-order valence-corrected chi connectivity index (χ0v) is 23.5. The van der Waals surface area contributed by atoms with Crippen LogP contribution in [0.4, 0.5) is 0 Å². The molecule has 45 heavy (non-hydrogen) atoms. The fraction of sp³-hybridized carbons (Fsp3) is 0. The Hall–Kier alpha value is -6.48. The standard InChI is InChI=1S/3C12H8O3/c3*1-3-9(13-7-1)11-5-6-12(15-11)10-4-2-8-14-10/h3*1-8H. The van der Waals surface area contributed by atoms with Gasteiger partial charge in [-0.25, -0.2) is 0 Å². The summed E-state index contributed by atoms with van der Waals surface area (Å²) in [7, 11) is 0. The molecule has 0 aliphatic rings. The van der Waals surface area contributed by atoms with Crippen molar-refractivity contribution in [2.75, 3.05) is 0 Å². The van der Waals surface area contributed by atoms with Crippen LogP contribution in [0, 0.1) is 0 Å². The van der Waals surface area contributed by atoms with Gasteiger partial charge in [-0.3, -0.25) is 0 Å². The van der Waals surface area contributed by atoms with Crippen molar-refractivity contribution < 1.29 is 39.8 Å². The number of hydrogen-bond acceptors (Lipinski definition) is 9. The molecule has 0 N–H and O–H groups in total. The molecule has 0 radical (unpaired) electrons. The summed E-state index contributed by atoms with van der Waals surface area (Å²) in [5.74, 6) is 8.50. The second-order valence-electron chi connectivity index (χ2n) is 9.36. The molecule has 222 valence electrons. The predicted octanol–water partition coefficient (Wildman–Crippen LogP) is 11.4. The van der Waals surface area contributed by atoms with E-state index in [9.17, 15) is 0 Å². The van der Waals surface area contributed by atoms with Crippen LogP contribution in [0.2, 0.25) is 0 Å². The van der Waals surface area contributed by atoms with Gasteiger partial charge in [-0.05, 0) is 109 Å². The van der Waals surface area contributed by atoms with Crippen LogP contribution in [0.3, 0.4) is 0 Å². The van der Waals surface area contributed by atoms with Crippen LogP contribution < -0.4 is 0 Å². The lowest BCUT2D eigenvalue weighted by Crippen LogP contribution is -1.65. The van der Waals surface area contributed by atoms with Gasteiger partial charge in [-0.2, -0.15) is 0 Å². The van der Waals surface area contributed by atoms with Crippen LogP contribution in [-0.2, 0) is 0 Å². The number of furan rings is 9. The minimum absolute atomic E-state index is 0.700. The van der Waals surface area contributed by atoms with Crippen molar-refractivity contribution in [3.05, 3.63) is 147 Å². The molecule has 9 rings (SSSR count). The van der Waals surface area contributed by atoms with Gasteiger partial charge in [0.05, 0.1) is 37.6 Å². The van der Waals surface area contributed by atoms with Crippen molar-refractivity contribution in [3.8, 4) is 69.1 Å². The van der Waals surface area contributed by atoms with Gasteiger partial charge in [0.2, 0.25) is 0 Å². The average Bonchev–Trinajstić information content (AvgIpc) is 3.94. The molecule has 0 spiro atoms. The second kappa shape index (κ2) is 12.8. The van der Waals surface area contributed by atoms with Gasteiger partial charge >= 0.3 is 0 Å². The van der Waals surface area contributed by atoms with E-state index < -0.39 is 0 Å². The average molecular weight is 601 g/mol. The Labute approximate surface area is 255 Å². The van der Waals surface area contributed by atoms with Crippen LogP contribution in [0.15, 0.2) is 187 Å². The van der Waals surface area contributed by atoms with Crippen LogP contribution in [0.5, 0.6) is 0 Å². The predicted molar refractivity (Wildman–Crippen MR) is 162 cm³/mol. The van der Waals surface area contributed by atoms with Gasteiger partial charge in [0.15, 0.2) is 69.1 Å². The molecule has 0 atom stereocenters. The third-order valence-electron chi connectivity index (χ3n) is 6.40. The van der Waals surface area contributed by atoms with Crippen LogP contribution in [-0.4, -0.2) is 0 Å². The maximum Gasteiger partial charge on any atom is 0.170 e. The number of rotatable bonds is 6. The van der Waals surface area contributed by atoms with Crippen molar-refractivity contribution in [2.24, 2.45) is 0 Å². The minimum Gasteiger partial charge on any atom is -0.461 e. The highest BCUT2D eigenvalue weighted by Crippen LogP contribution is 2.31. The van der Waals surface area contributed by atoms with Crippen molar-refractivity contribution in [1.82, 2.24) is 0 Å². The summed E-state index contributed by atoms with van der Waals surface area (Å²) in [6.07, 6.45) is 9.69. The Kier molecular flexibility index (Phi) is 7.78. The smallest absolute Gasteiger partial charge is 0.170 e. The van der Waals surface area contributed by atoms with Gasteiger partial charge in [0.1, 0.15) is 0 Å². The minimum atomic E-state index is 0.700. The summed E-state index contributed by atoms with van der Waals surface area (Å²) in [6, 6.07) is 33.2. The monoisotopic (exact) mass is 600 g/mol. The quantitative estimate of drug-likeness (QED) is 0.183. The molecule has 0 unspecified atom stereocenters. The molecule has 9 aromatic heterocycles. The summed E-state index contributed by atoms with van der Waals surface area (Å²) in [5.41, 5.74) is 0. The first kappa shape index (κ1) is 27.4. The lowest BCUT2D eigenvalue weighted by atomic mass is 10.3. The Morgan fingerprint density at radius 2 is 0.378 bits per heavy atom. The molecule has 0 aliphatic heterocycles. The zero-order chi connectivity index (χ0) is 30.3. The fourth-order valence-corrected chi connectivity index (χ4v) is 4.32. The highest BCUT2D eigenvalue weighted by molar-refractivity contribution is 5.60. The van der Waals surface area contributed by atoms with Gasteiger partial charge in [0, 0.05) is 0 Å². The third kappa shape index (κ3) is 6.32. The topological polar surface area (TPSA) is 118 Å². The van der Waals surface area contributed by atoms with E-state index in [-0.39, 0.29) is 0 Å². The molecule has 9 aromatic rings. The summed E-state index contributed by atoms with van der Waals surface area (Å²) in [5, 5.41) is 0. The molecular weight excluding hydrogens is 576 g/mol. The third-order valence-corrected chi connectivity index (χ3v) is 6.40. The zero-order valence-electron chi connectivity index (χ0n) is 23.5. The van der Waals surface area contributed by atoms with E-state index in [4.69, 9.17) is 39.8 Å². The molecule has 0 saturated carbocycles. The van der Waals surface area contributed by atoms with Crippen molar-refractivity contribution in [1.29, 1.82) is 0 Å². The first-order valence-electron chi connectivity index (χ1n) is 13.8. The van der Waals surface area contributed by atoms with Gasteiger partial charge in [-0.1, -0.05) is 0 Å². The lowest BCUT2D eigenvalue weighted by molar-refractivity contribution is 0.509. The first-order valence-corrected chi connectivity index (χ1v) is 13.8. The molecule has 0 bridgehead atoms. The van der Waals surface area contributed by atoms with Crippen molar-refractivity contribution >= 4 is 0 Å². The van der Waals surface area contributed by atoms with E-state index >= 15 is 0 Å². The van der Waals surface area contributed by atoms with Crippen molar-refractivity contribution in [3.63, 3.8) is 0 Å². The highest BCUT2D eigenvalue weighted by Gasteiger charge is 2.12. The largest absolute Gasteiger partial charge is 0.461 e. The Balaban J connectivity index is 0.000000108. The van der Waals surface area contributed by atoms with Crippen LogP contribution >= 0.6 is 0 Å². The Bertz CT molecular complexity index is 1690. The SMILES string of the molecule is c1coc(-c2ccc(-c3ccco3)o2)c1.c1coc(-c2ccc(-c3ccco3)o2)c1.c1coc(-c2ccc(-c3ccco3)o2)c1. The number of hydrogen-bond donors (Lipinski definition) is 0. The molecule has 0 saturated heterocycles. The molecule has 0 aromatic carbocycles. The molecule has 9 nitrogen and oxygen atoms in total. The summed E-state index contributed by atoms with van der Waals surface area (Å²) in [4.78, 5) is 0. The normalized spacial score (nSPS) is 10.7. The van der Waals surface area contributed by atoms with E-state index in [2.05, 4.69) is 0 Å². The molecule has 0 amide bonds. The highest BCUT2D eigenvalue weighted by atomic mass is 16.4. The Morgan fingerprint density at radius 3 is 0.511 bits per heavy atom. The van der Waals surface area contributed by atoms with E-state index in [1.54, 1.807) is 37.6 Å². The van der Waals surface area contributed by atoms with E-state index in [0.29, 0.717) is 69.1 Å². The van der Waals surface area contributed by atoms with E-state index in [0.717, 1.165) is 0 Å². The molecule has 9 heteroatoms. The first-order chi connectivity index (χ1) is 22.3. The van der Waals surface area contributed by atoms with Crippen LogP contribution in [0.25, 0.3) is 69.1 Å². The summed E-state index contributed by atoms with van der Waals surface area (Å²) >= 11 is 0. The Morgan fingerprint density at radius 1 is 0.200 bits per heavy atom. The molecule has 9 heterocycles. The van der Waals surface area contributed by atoms with Gasteiger partial charge in [-0.15, -0.1) is 0 Å². The second-order valence-corrected chi connectivity index (χ2v) is 9.36. The maximum atomic E-state index is 5.58. The van der Waals surface area contributed by atoms with E-state index in [1.165, 1.54) is 0 Å². The summed E-state index contributed by atoms with van der Waals surface area (Å²) < 4.78 is 48.1. The van der Waals surface area contributed by atoms with Gasteiger partial charge < -0.3 is 39.8 Å².